The fourth-order valence-electron chi connectivity index (χ4n) is 1.35. The Morgan fingerprint density at radius 2 is 2.19 bits per heavy atom. The van der Waals surface area contributed by atoms with E-state index in [-0.39, 0.29) is 5.56 Å². The maximum absolute atomic E-state index is 11.7. The Kier molecular flexibility index (Phi) is 5.12. The Hall–Kier alpha value is -1.22. The van der Waals surface area contributed by atoms with Crippen molar-refractivity contribution in [3.63, 3.8) is 0 Å². The molecule has 0 spiro atoms. The lowest BCUT2D eigenvalue weighted by Gasteiger charge is -2.08. The molecule has 0 aromatic heterocycles. The van der Waals surface area contributed by atoms with Crippen molar-refractivity contribution in [3.8, 4) is 0 Å². The maximum atomic E-state index is 11.7. The molecule has 0 heterocycles. The van der Waals surface area contributed by atoms with E-state index in [1.807, 2.05) is 0 Å². The van der Waals surface area contributed by atoms with Gasteiger partial charge in [0.25, 0.3) is 0 Å². The van der Waals surface area contributed by atoms with E-state index in [0.717, 1.165) is 19.3 Å². The Morgan fingerprint density at radius 3 is 2.81 bits per heavy atom. The SMILES string of the molecule is CCCCCOC(=O)c1c(N)cccc1Cl. The second-order valence-electron chi connectivity index (χ2n) is 3.55. The molecule has 0 amide bonds. The molecule has 0 aliphatic heterocycles. The second kappa shape index (κ2) is 6.38. The number of halogens is 1. The number of carbonyl (C=O) groups excluding carboxylic acids is 1. The number of unbranched alkanes of at least 4 members (excludes halogenated alkanes) is 2. The summed E-state index contributed by atoms with van der Waals surface area (Å²) in [5, 5.41) is 0.334. The molecule has 0 radical (unpaired) electrons. The van der Waals surface area contributed by atoms with Gasteiger partial charge in [-0.05, 0) is 18.6 Å². The summed E-state index contributed by atoms with van der Waals surface area (Å²) >= 11 is 5.88. The van der Waals surface area contributed by atoms with Gasteiger partial charge in [0.1, 0.15) is 5.56 Å². The highest BCUT2D eigenvalue weighted by atomic mass is 35.5. The summed E-state index contributed by atoms with van der Waals surface area (Å²) in [6.07, 6.45) is 3.00. The average Bonchev–Trinajstić information content (AvgIpc) is 2.24. The topological polar surface area (TPSA) is 52.3 Å². The van der Waals surface area contributed by atoms with Crippen molar-refractivity contribution in [3.05, 3.63) is 28.8 Å². The van der Waals surface area contributed by atoms with Crippen molar-refractivity contribution in [1.29, 1.82) is 0 Å². The van der Waals surface area contributed by atoms with Gasteiger partial charge in [0.2, 0.25) is 0 Å². The molecule has 0 aliphatic rings. The van der Waals surface area contributed by atoms with Gasteiger partial charge in [0.15, 0.2) is 0 Å². The van der Waals surface area contributed by atoms with Crippen LogP contribution in [0.5, 0.6) is 0 Å². The van der Waals surface area contributed by atoms with Crippen LogP contribution in [0.3, 0.4) is 0 Å². The molecule has 16 heavy (non-hydrogen) atoms. The maximum Gasteiger partial charge on any atom is 0.341 e. The number of benzene rings is 1. The van der Waals surface area contributed by atoms with E-state index in [9.17, 15) is 4.79 Å². The van der Waals surface area contributed by atoms with Gasteiger partial charge in [0.05, 0.1) is 11.6 Å². The first kappa shape index (κ1) is 12.8. The van der Waals surface area contributed by atoms with Gasteiger partial charge in [-0.15, -0.1) is 0 Å². The van der Waals surface area contributed by atoms with Crippen molar-refractivity contribution in [1.82, 2.24) is 0 Å². The summed E-state index contributed by atoms with van der Waals surface area (Å²) in [6.45, 7) is 2.51. The number of ether oxygens (including phenoxy) is 1. The minimum atomic E-state index is -0.445. The quantitative estimate of drug-likeness (QED) is 0.489. The first-order valence-electron chi connectivity index (χ1n) is 5.38. The van der Waals surface area contributed by atoms with Crippen LogP contribution in [0, 0.1) is 0 Å². The molecular weight excluding hydrogens is 226 g/mol. The van der Waals surface area contributed by atoms with Gasteiger partial charge in [-0.2, -0.15) is 0 Å². The minimum Gasteiger partial charge on any atom is -0.462 e. The number of esters is 1. The molecule has 0 fully saturated rings. The molecule has 1 rings (SSSR count). The zero-order valence-corrected chi connectivity index (χ0v) is 10.1. The Labute approximate surface area is 101 Å². The van der Waals surface area contributed by atoms with Crippen LogP contribution in [0.15, 0.2) is 18.2 Å². The van der Waals surface area contributed by atoms with Gasteiger partial charge in [-0.25, -0.2) is 4.79 Å². The molecule has 0 unspecified atom stereocenters. The van der Waals surface area contributed by atoms with Crippen molar-refractivity contribution in [2.45, 2.75) is 26.2 Å². The summed E-state index contributed by atoms with van der Waals surface area (Å²) in [6, 6.07) is 4.96. The summed E-state index contributed by atoms with van der Waals surface area (Å²) in [5.41, 5.74) is 6.29. The summed E-state index contributed by atoms with van der Waals surface area (Å²) in [7, 11) is 0. The van der Waals surface area contributed by atoms with Gasteiger partial charge >= 0.3 is 5.97 Å². The van der Waals surface area contributed by atoms with Crippen LogP contribution >= 0.6 is 11.6 Å². The molecular formula is C12H16ClNO2. The van der Waals surface area contributed by atoms with E-state index in [1.54, 1.807) is 18.2 Å². The zero-order valence-electron chi connectivity index (χ0n) is 9.33. The van der Waals surface area contributed by atoms with Crippen LogP contribution in [-0.2, 0) is 4.74 Å². The molecule has 0 aliphatic carbocycles. The van der Waals surface area contributed by atoms with Crippen LogP contribution < -0.4 is 5.73 Å². The van der Waals surface area contributed by atoms with Crippen LogP contribution in [-0.4, -0.2) is 12.6 Å². The summed E-state index contributed by atoms with van der Waals surface area (Å²) in [5.74, 6) is -0.445. The third-order valence-electron chi connectivity index (χ3n) is 2.23. The normalized spacial score (nSPS) is 10.1. The Balaban J connectivity index is 2.59. The number of hydrogen-bond donors (Lipinski definition) is 1. The Bertz CT molecular complexity index is 346. The minimum absolute atomic E-state index is 0.265. The standard InChI is InChI=1S/C12H16ClNO2/c1-2-3-4-8-16-12(15)11-9(13)6-5-7-10(11)14/h5-7H,2-4,8,14H2,1H3. The second-order valence-corrected chi connectivity index (χ2v) is 3.95. The lowest BCUT2D eigenvalue weighted by atomic mass is 10.2. The highest BCUT2D eigenvalue weighted by molar-refractivity contribution is 6.34. The highest BCUT2D eigenvalue weighted by Crippen LogP contribution is 2.22. The third kappa shape index (κ3) is 3.42. The number of anilines is 1. The van der Waals surface area contributed by atoms with E-state index >= 15 is 0 Å². The molecule has 88 valence electrons. The molecule has 0 saturated heterocycles. The van der Waals surface area contributed by atoms with Crippen molar-refractivity contribution >= 4 is 23.3 Å². The molecule has 3 nitrogen and oxygen atoms in total. The average molecular weight is 242 g/mol. The van der Waals surface area contributed by atoms with E-state index in [2.05, 4.69) is 6.92 Å². The van der Waals surface area contributed by atoms with Crippen LogP contribution in [0.1, 0.15) is 36.5 Å². The van der Waals surface area contributed by atoms with Crippen LogP contribution in [0.25, 0.3) is 0 Å². The Morgan fingerprint density at radius 1 is 1.44 bits per heavy atom. The molecule has 1 aromatic rings. The van der Waals surface area contributed by atoms with Gasteiger partial charge in [-0.1, -0.05) is 37.4 Å². The summed E-state index contributed by atoms with van der Waals surface area (Å²) in [4.78, 5) is 11.7. The van der Waals surface area contributed by atoms with Gasteiger partial charge in [0, 0.05) is 5.69 Å². The summed E-state index contributed by atoms with van der Waals surface area (Å²) < 4.78 is 5.09. The lowest BCUT2D eigenvalue weighted by molar-refractivity contribution is 0.0499. The number of carbonyl (C=O) groups is 1. The van der Waals surface area contributed by atoms with E-state index < -0.39 is 5.97 Å². The fraction of sp³-hybridized carbons (Fsp3) is 0.417. The molecule has 2 N–H and O–H groups in total. The number of nitrogen functional groups attached to an aromatic ring is 1. The van der Waals surface area contributed by atoms with E-state index in [0.29, 0.717) is 17.3 Å². The van der Waals surface area contributed by atoms with Crippen LogP contribution in [0.2, 0.25) is 5.02 Å². The third-order valence-corrected chi connectivity index (χ3v) is 2.55. The largest absolute Gasteiger partial charge is 0.462 e. The molecule has 4 heteroatoms. The monoisotopic (exact) mass is 241 g/mol. The highest BCUT2D eigenvalue weighted by Gasteiger charge is 2.14. The fourth-order valence-corrected chi connectivity index (χ4v) is 1.60. The number of hydrogen-bond acceptors (Lipinski definition) is 3. The van der Waals surface area contributed by atoms with Gasteiger partial charge < -0.3 is 10.5 Å². The first-order valence-corrected chi connectivity index (χ1v) is 5.75. The predicted octanol–water partition coefficient (Wildman–Crippen LogP) is 3.27. The number of nitrogens with two attached hydrogens (primary N) is 1. The molecule has 1 aromatic carbocycles. The zero-order chi connectivity index (χ0) is 12.0. The smallest absolute Gasteiger partial charge is 0.341 e. The molecule has 0 saturated carbocycles. The van der Waals surface area contributed by atoms with E-state index in [4.69, 9.17) is 22.1 Å². The molecule has 0 atom stereocenters. The number of rotatable bonds is 5. The predicted molar refractivity (Wildman–Crippen MR) is 65.7 cm³/mol. The lowest BCUT2D eigenvalue weighted by Crippen LogP contribution is -2.09. The molecule has 0 bridgehead atoms. The van der Waals surface area contributed by atoms with Gasteiger partial charge in [-0.3, -0.25) is 0 Å². The first-order chi connectivity index (χ1) is 7.66. The van der Waals surface area contributed by atoms with E-state index in [1.165, 1.54) is 0 Å². The van der Waals surface area contributed by atoms with Crippen molar-refractivity contribution < 1.29 is 9.53 Å². The van der Waals surface area contributed by atoms with Crippen LogP contribution in [0.4, 0.5) is 5.69 Å². The van der Waals surface area contributed by atoms with Crippen molar-refractivity contribution in [2.75, 3.05) is 12.3 Å². The van der Waals surface area contributed by atoms with Crippen molar-refractivity contribution in [2.24, 2.45) is 0 Å².